The summed E-state index contributed by atoms with van der Waals surface area (Å²) in [7, 11) is 0. The number of hydrogen-bond acceptors (Lipinski definition) is 4. The maximum Gasteiger partial charge on any atom is 0.328 e. The van der Waals surface area contributed by atoms with E-state index in [1.165, 1.54) is 11.3 Å². The third-order valence-corrected chi connectivity index (χ3v) is 5.73. The van der Waals surface area contributed by atoms with Gasteiger partial charge >= 0.3 is 5.97 Å². The maximum atomic E-state index is 11.1. The van der Waals surface area contributed by atoms with Crippen LogP contribution in [0.3, 0.4) is 0 Å². The number of hydrogen-bond donors (Lipinski definition) is 1. The molecular weight excluding hydrogens is 394 g/mol. The van der Waals surface area contributed by atoms with Crippen molar-refractivity contribution in [2.24, 2.45) is 0 Å². The summed E-state index contributed by atoms with van der Waals surface area (Å²) in [6.07, 6.45) is 6.46. The van der Waals surface area contributed by atoms with E-state index < -0.39 is 5.97 Å². The molecule has 0 aliphatic heterocycles. The standard InChI is InChI=1S/C24H17N3O2S/c1-16-26-12-13-27(16)20-8-6-19(7-9-20)24-21(15-30-22(24)10-11-23(28)29)18-4-2-17(14-25)3-5-18/h2-13,15H,1H3,(H,28,29). The van der Waals surface area contributed by atoms with Gasteiger partial charge in [-0.3, -0.25) is 0 Å². The Morgan fingerprint density at radius 3 is 2.43 bits per heavy atom. The van der Waals surface area contributed by atoms with Crippen molar-refractivity contribution in [3.63, 3.8) is 0 Å². The first-order valence-electron chi connectivity index (χ1n) is 9.20. The molecule has 5 nitrogen and oxygen atoms in total. The predicted molar refractivity (Wildman–Crippen MR) is 118 cm³/mol. The number of carbonyl (C=O) groups is 1. The van der Waals surface area contributed by atoms with Crippen LogP contribution in [-0.4, -0.2) is 20.6 Å². The van der Waals surface area contributed by atoms with Gasteiger partial charge in [-0.05, 0) is 53.8 Å². The lowest BCUT2D eigenvalue weighted by Gasteiger charge is -2.10. The van der Waals surface area contributed by atoms with Crippen LogP contribution in [0.4, 0.5) is 0 Å². The first-order valence-corrected chi connectivity index (χ1v) is 10.1. The van der Waals surface area contributed by atoms with Gasteiger partial charge < -0.3 is 9.67 Å². The van der Waals surface area contributed by atoms with Gasteiger partial charge in [0.2, 0.25) is 0 Å². The zero-order chi connectivity index (χ0) is 21.1. The monoisotopic (exact) mass is 411 g/mol. The van der Waals surface area contributed by atoms with E-state index in [1.807, 2.05) is 59.5 Å². The fourth-order valence-electron chi connectivity index (χ4n) is 3.32. The Balaban J connectivity index is 1.81. The SMILES string of the molecule is Cc1nccn1-c1ccc(-c2c(-c3ccc(C#N)cc3)csc2C=CC(=O)O)cc1. The Hall–Kier alpha value is -3.95. The topological polar surface area (TPSA) is 78.9 Å². The van der Waals surface area contributed by atoms with Gasteiger partial charge in [-0.15, -0.1) is 11.3 Å². The molecule has 0 radical (unpaired) electrons. The normalized spacial score (nSPS) is 10.9. The van der Waals surface area contributed by atoms with Crippen LogP contribution in [0, 0.1) is 18.3 Å². The number of carboxylic acids is 1. The molecule has 0 fully saturated rings. The fourth-order valence-corrected chi connectivity index (χ4v) is 4.31. The molecule has 0 spiro atoms. The van der Waals surface area contributed by atoms with Crippen molar-refractivity contribution in [1.29, 1.82) is 5.26 Å². The molecule has 0 aliphatic carbocycles. The summed E-state index contributed by atoms with van der Waals surface area (Å²) in [5.74, 6) is -0.0816. The minimum absolute atomic E-state index is 0.599. The molecule has 0 saturated heterocycles. The molecule has 146 valence electrons. The number of thiophene rings is 1. The van der Waals surface area contributed by atoms with Gasteiger partial charge in [-0.25, -0.2) is 9.78 Å². The third-order valence-electron chi connectivity index (χ3n) is 4.78. The van der Waals surface area contributed by atoms with Crippen LogP contribution < -0.4 is 0 Å². The van der Waals surface area contributed by atoms with E-state index in [0.717, 1.165) is 44.7 Å². The lowest BCUT2D eigenvalue weighted by atomic mass is 9.96. The zero-order valence-electron chi connectivity index (χ0n) is 16.1. The highest BCUT2D eigenvalue weighted by atomic mass is 32.1. The molecule has 0 amide bonds. The van der Waals surface area contributed by atoms with Crippen LogP contribution in [0.2, 0.25) is 0 Å². The Morgan fingerprint density at radius 2 is 1.83 bits per heavy atom. The van der Waals surface area contributed by atoms with Crippen molar-refractivity contribution in [2.75, 3.05) is 0 Å². The van der Waals surface area contributed by atoms with Crippen molar-refractivity contribution >= 4 is 23.4 Å². The minimum Gasteiger partial charge on any atom is -0.478 e. The summed E-state index contributed by atoms with van der Waals surface area (Å²) < 4.78 is 2.00. The third kappa shape index (κ3) is 3.79. The molecule has 1 N–H and O–H groups in total. The van der Waals surface area contributed by atoms with Crippen molar-refractivity contribution in [3.8, 4) is 34.0 Å². The zero-order valence-corrected chi connectivity index (χ0v) is 16.9. The van der Waals surface area contributed by atoms with Crippen LogP contribution in [0.5, 0.6) is 0 Å². The molecule has 0 aliphatic rings. The number of nitriles is 1. The number of aromatic nitrogens is 2. The summed E-state index contributed by atoms with van der Waals surface area (Å²) in [6, 6.07) is 17.6. The molecule has 0 bridgehead atoms. The summed E-state index contributed by atoms with van der Waals surface area (Å²) in [4.78, 5) is 16.2. The van der Waals surface area contributed by atoms with Gasteiger partial charge in [0.15, 0.2) is 0 Å². The highest BCUT2D eigenvalue weighted by Gasteiger charge is 2.15. The van der Waals surface area contributed by atoms with Crippen LogP contribution in [0.25, 0.3) is 34.0 Å². The molecule has 6 heteroatoms. The number of nitrogens with zero attached hydrogens (tertiary/aromatic N) is 3. The quantitative estimate of drug-likeness (QED) is 0.437. The Morgan fingerprint density at radius 1 is 1.13 bits per heavy atom. The Kier molecular flexibility index (Phi) is 5.29. The van der Waals surface area contributed by atoms with E-state index in [0.29, 0.717) is 5.56 Å². The number of aryl methyl sites for hydroxylation is 1. The maximum absolute atomic E-state index is 11.1. The lowest BCUT2D eigenvalue weighted by Crippen LogP contribution is -1.95. The van der Waals surface area contributed by atoms with E-state index in [2.05, 4.69) is 11.1 Å². The smallest absolute Gasteiger partial charge is 0.328 e. The second-order valence-electron chi connectivity index (χ2n) is 6.64. The van der Waals surface area contributed by atoms with Gasteiger partial charge in [0.05, 0.1) is 11.6 Å². The molecular formula is C24H17N3O2S. The van der Waals surface area contributed by atoms with E-state index in [9.17, 15) is 4.79 Å². The second kappa shape index (κ2) is 8.19. The molecule has 4 aromatic rings. The molecule has 0 unspecified atom stereocenters. The molecule has 4 rings (SSSR count). The van der Waals surface area contributed by atoms with Crippen molar-refractivity contribution < 1.29 is 9.90 Å². The summed E-state index contributed by atoms with van der Waals surface area (Å²) in [5, 5.41) is 20.1. The molecule has 2 heterocycles. The number of benzene rings is 2. The molecule has 2 aromatic heterocycles. The van der Waals surface area contributed by atoms with E-state index in [-0.39, 0.29) is 0 Å². The minimum atomic E-state index is -0.986. The predicted octanol–water partition coefficient (Wildman–Crippen LogP) is 5.55. The summed E-state index contributed by atoms with van der Waals surface area (Å²) >= 11 is 1.49. The molecule has 2 aromatic carbocycles. The fraction of sp³-hybridized carbons (Fsp3) is 0.0417. The summed E-state index contributed by atoms with van der Waals surface area (Å²) in [5.41, 5.74) is 5.54. The Bertz CT molecular complexity index is 1270. The first kappa shape index (κ1) is 19.4. The van der Waals surface area contributed by atoms with E-state index >= 15 is 0 Å². The van der Waals surface area contributed by atoms with Crippen molar-refractivity contribution in [2.45, 2.75) is 6.92 Å². The van der Waals surface area contributed by atoms with E-state index in [1.54, 1.807) is 24.4 Å². The lowest BCUT2D eigenvalue weighted by molar-refractivity contribution is -0.131. The van der Waals surface area contributed by atoms with Crippen LogP contribution >= 0.6 is 11.3 Å². The van der Waals surface area contributed by atoms with Gasteiger partial charge in [0.25, 0.3) is 0 Å². The highest BCUT2D eigenvalue weighted by Crippen LogP contribution is 2.40. The van der Waals surface area contributed by atoms with Crippen molar-refractivity contribution in [3.05, 3.63) is 88.6 Å². The number of aliphatic carboxylic acids is 1. The van der Waals surface area contributed by atoms with E-state index in [4.69, 9.17) is 10.4 Å². The highest BCUT2D eigenvalue weighted by molar-refractivity contribution is 7.12. The second-order valence-corrected chi connectivity index (χ2v) is 7.55. The van der Waals surface area contributed by atoms with Gasteiger partial charge in [-0.1, -0.05) is 24.3 Å². The van der Waals surface area contributed by atoms with Crippen LogP contribution in [0.15, 0.2) is 72.4 Å². The average molecular weight is 411 g/mol. The average Bonchev–Trinajstić information content (AvgIpc) is 3.38. The van der Waals surface area contributed by atoms with Crippen molar-refractivity contribution in [1.82, 2.24) is 9.55 Å². The van der Waals surface area contributed by atoms with Crippen LogP contribution in [-0.2, 0) is 4.79 Å². The van der Waals surface area contributed by atoms with Gasteiger partial charge in [-0.2, -0.15) is 5.26 Å². The van der Waals surface area contributed by atoms with Crippen LogP contribution in [0.1, 0.15) is 16.3 Å². The Labute approximate surface area is 177 Å². The molecule has 0 atom stereocenters. The van der Waals surface area contributed by atoms with Gasteiger partial charge in [0.1, 0.15) is 5.82 Å². The largest absolute Gasteiger partial charge is 0.478 e. The number of rotatable bonds is 5. The van der Waals surface area contributed by atoms with Gasteiger partial charge in [0, 0.05) is 40.2 Å². The molecule has 0 saturated carbocycles. The number of imidazole rings is 1. The number of carboxylic acid groups (broad SMARTS) is 1. The summed E-state index contributed by atoms with van der Waals surface area (Å²) in [6.45, 7) is 1.95. The first-order chi connectivity index (χ1) is 14.6. The molecule has 30 heavy (non-hydrogen) atoms.